The third-order valence-electron chi connectivity index (χ3n) is 3.63. The maximum atomic E-state index is 4.74. The number of benzene rings is 1. The van der Waals surface area contributed by atoms with Crippen LogP contribution in [0, 0.1) is 13.8 Å². The number of nitrogens with one attached hydrogen (secondary N) is 1. The minimum atomic E-state index is 0.193. The van der Waals surface area contributed by atoms with E-state index in [9.17, 15) is 0 Å². The van der Waals surface area contributed by atoms with E-state index in [1.807, 2.05) is 0 Å². The van der Waals surface area contributed by atoms with Gasteiger partial charge in [0, 0.05) is 24.7 Å². The van der Waals surface area contributed by atoms with Gasteiger partial charge in [-0.1, -0.05) is 19.1 Å². The first kappa shape index (κ1) is 16.0. The monoisotopic (exact) mass is 303 g/mol. The minimum absolute atomic E-state index is 0.193. The predicted octanol–water partition coefficient (Wildman–Crippen LogP) is 3.91. The van der Waals surface area contributed by atoms with E-state index in [1.165, 1.54) is 16.1 Å². The first-order chi connectivity index (χ1) is 10.0. The van der Waals surface area contributed by atoms with Crippen molar-refractivity contribution in [3.63, 3.8) is 0 Å². The molecule has 0 radical (unpaired) electrons. The lowest BCUT2D eigenvalue weighted by atomic mass is 10.1. The lowest BCUT2D eigenvalue weighted by molar-refractivity contribution is 0.595. The highest BCUT2D eigenvalue weighted by Gasteiger charge is 2.18. The molecule has 0 fully saturated rings. The van der Waals surface area contributed by atoms with Crippen molar-refractivity contribution < 1.29 is 0 Å². The second kappa shape index (κ2) is 7.05. The summed E-state index contributed by atoms with van der Waals surface area (Å²) in [6.07, 6.45) is 1.12. The van der Waals surface area contributed by atoms with Gasteiger partial charge in [0.05, 0.1) is 11.7 Å². The quantitative estimate of drug-likeness (QED) is 0.877. The lowest BCUT2D eigenvalue weighted by Crippen LogP contribution is -2.23. The highest BCUT2D eigenvalue weighted by atomic mass is 32.1. The second-order valence-corrected chi connectivity index (χ2v) is 6.80. The first-order valence-electron chi connectivity index (χ1n) is 7.47. The van der Waals surface area contributed by atoms with Gasteiger partial charge in [0.25, 0.3) is 0 Å². The Balaban J connectivity index is 2.30. The average Bonchev–Trinajstić information content (AvgIpc) is 2.79. The van der Waals surface area contributed by atoms with Gasteiger partial charge >= 0.3 is 0 Å². The van der Waals surface area contributed by atoms with Crippen molar-refractivity contribution in [3.05, 3.63) is 45.4 Å². The molecule has 114 valence electrons. The molecular formula is C17H25N3S. The molecule has 1 heterocycles. The van der Waals surface area contributed by atoms with Crippen LogP contribution in [-0.4, -0.2) is 25.6 Å². The summed E-state index contributed by atoms with van der Waals surface area (Å²) < 4.78 is 0. The van der Waals surface area contributed by atoms with E-state index in [-0.39, 0.29) is 6.04 Å². The number of aromatic nitrogens is 1. The third-order valence-corrected chi connectivity index (χ3v) is 4.77. The molecule has 1 unspecified atom stereocenters. The normalized spacial score (nSPS) is 12.4. The lowest BCUT2D eigenvalue weighted by Gasteiger charge is -2.18. The molecule has 0 aliphatic carbocycles. The van der Waals surface area contributed by atoms with Crippen molar-refractivity contribution in [1.82, 2.24) is 10.3 Å². The van der Waals surface area contributed by atoms with E-state index in [0.29, 0.717) is 0 Å². The summed E-state index contributed by atoms with van der Waals surface area (Å²) in [5, 5.41) is 4.79. The molecule has 2 rings (SSSR count). The van der Waals surface area contributed by atoms with Gasteiger partial charge in [-0.05, 0) is 44.5 Å². The number of nitrogens with zero attached hydrogens (tertiary/aromatic N) is 2. The highest BCUT2D eigenvalue weighted by molar-refractivity contribution is 7.11. The molecule has 1 N–H and O–H groups in total. The SMILES string of the molecule is CCCNC(c1ccc(N(C)C)cc1)c1nc(C)c(C)s1. The van der Waals surface area contributed by atoms with Crippen LogP contribution >= 0.6 is 11.3 Å². The molecule has 4 heteroatoms. The van der Waals surface area contributed by atoms with Gasteiger partial charge in [0.15, 0.2) is 0 Å². The molecule has 21 heavy (non-hydrogen) atoms. The molecule has 0 bridgehead atoms. The fraction of sp³-hybridized carbons (Fsp3) is 0.471. The number of anilines is 1. The summed E-state index contributed by atoms with van der Waals surface area (Å²) in [5.41, 5.74) is 3.64. The van der Waals surface area contributed by atoms with Gasteiger partial charge in [-0.3, -0.25) is 0 Å². The average molecular weight is 303 g/mol. The zero-order valence-electron chi connectivity index (χ0n) is 13.6. The number of aryl methyl sites for hydroxylation is 2. The van der Waals surface area contributed by atoms with E-state index in [4.69, 9.17) is 4.98 Å². The van der Waals surface area contributed by atoms with E-state index >= 15 is 0 Å². The van der Waals surface area contributed by atoms with E-state index in [1.54, 1.807) is 11.3 Å². The Labute approximate surface area is 132 Å². The highest BCUT2D eigenvalue weighted by Crippen LogP contribution is 2.29. The van der Waals surface area contributed by atoms with Gasteiger partial charge in [0.1, 0.15) is 5.01 Å². The summed E-state index contributed by atoms with van der Waals surface area (Å²) >= 11 is 1.79. The van der Waals surface area contributed by atoms with Crippen molar-refractivity contribution >= 4 is 17.0 Å². The van der Waals surface area contributed by atoms with Gasteiger partial charge in [-0.25, -0.2) is 4.98 Å². The largest absolute Gasteiger partial charge is 0.378 e. The molecule has 2 aromatic rings. The molecule has 0 aliphatic rings. The summed E-state index contributed by atoms with van der Waals surface area (Å²) in [6, 6.07) is 8.94. The molecule has 0 saturated heterocycles. The number of thiazole rings is 1. The van der Waals surface area contributed by atoms with Crippen LogP contribution in [0.2, 0.25) is 0 Å². The van der Waals surface area contributed by atoms with Crippen LogP contribution in [0.4, 0.5) is 5.69 Å². The Bertz CT molecular complexity index is 553. The van der Waals surface area contributed by atoms with E-state index in [0.717, 1.165) is 23.7 Å². The zero-order valence-corrected chi connectivity index (χ0v) is 14.4. The molecule has 0 amide bonds. The van der Waals surface area contributed by atoms with Gasteiger partial charge in [0.2, 0.25) is 0 Å². The van der Waals surface area contributed by atoms with E-state index < -0.39 is 0 Å². The standard InChI is InChI=1S/C17H25N3S/c1-6-11-18-16(17-19-12(2)13(3)21-17)14-7-9-15(10-8-14)20(4)5/h7-10,16,18H,6,11H2,1-5H3. The molecular weight excluding hydrogens is 278 g/mol. The molecule has 1 aromatic heterocycles. The van der Waals surface area contributed by atoms with Crippen LogP contribution in [0.5, 0.6) is 0 Å². The smallest absolute Gasteiger partial charge is 0.115 e. The maximum Gasteiger partial charge on any atom is 0.115 e. The van der Waals surface area contributed by atoms with Crippen molar-refractivity contribution in [2.24, 2.45) is 0 Å². The minimum Gasteiger partial charge on any atom is -0.378 e. The van der Waals surface area contributed by atoms with Crippen molar-refractivity contribution in [3.8, 4) is 0 Å². The fourth-order valence-corrected chi connectivity index (χ4v) is 3.25. The second-order valence-electron chi connectivity index (χ2n) is 5.57. The number of hydrogen-bond donors (Lipinski definition) is 1. The first-order valence-corrected chi connectivity index (χ1v) is 8.29. The van der Waals surface area contributed by atoms with E-state index in [2.05, 4.69) is 69.3 Å². The molecule has 1 aromatic carbocycles. The number of hydrogen-bond acceptors (Lipinski definition) is 4. The van der Waals surface area contributed by atoms with Gasteiger partial charge in [-0.2, -0.15) is 0 Å². The van der Waals surface area contributed by atoms with Crippen molar-refractivity contribution in [1.29, 1.82) is 0 Å². The van der Waals surface area contributed by atoms with Crippen molar-refractivity contribution in [2.45, 2.75) is 33.2 Å². The van der Waals surface area contributed by atoms with Crippen LogP contribution in [0.1, 0.15) is 40.5 Å². The van der Waals surface area contributed by atoms with Crippen LogP contribution in [-0.2, 0) is 0 Å². The molecule has 1 atom stereocenters. The van der Waals surface area contributed by atoms with Crippen LogP contribution in [0.25, 0.3) is 0 Å². The van der Waals surface area contributed by atoms with Gasteiger partial charge in [-0.15, -0.1) is 11.3 Å². The summed E-state index contributed by atoms with van der Waals surface area (Å²) in [7, 11) is 4.13. The topological polar surface area (TPSA) is 28.2 Å². The molecule has 0 saturated carbocycles. The maximum absolute atomic E-state index is 4.74. The summed E-state index contributed by atoms with van der Waals surface area (Å²) in [5.74, 6) is 0. The summed E-state index contributed by atoms with van der Waals surface area (Å²) in [4.78, 5) is 8.17. The predicted molar refractivity (Wildman–Crippen MR) is 92.5 cm³/mol. The Morgan fingerprint density at radius 1 is 1.19 bits per heavy atom. The molecule has 0 spiro atoms. The van der Waals surface area contributed by atoms with Crippen LogP contribution in [0.15, 0.2) is 24.3 Å². The molecule has 3 nitrogen and oxygen atoms in total. The summed E-state index contributed by atoms with van der Waals surface area (Å²) in [6.45, 7) is 7.42. The Hall–Kier alpha value is -1.39. The third kappa shape index (κ3) is 3.83. The Morgan fingerprint density at radius 3 is 2.33 bits per heavy atom. The molecule has 0 aliphatic heterocycles. The zero-order chi connectivity index (χ0) is 15.4. The Kier molecular flexibility index (Phi) is 5.37. The van der Waals surface area contributed by atoms with Gasteiger partial charge < -0.3 is 10.2 Å². The van der Waals surface area contributed by atoms with Crippen LogP contribution < -0.4 is 10.2 Å². The fourth-order valence-electron chi connectivity index (χ4n) is 2.22. The number of rotatable bonds is 6. The van der Waals surface area contributed by atoms with Crippen molar-refractivity contribution in [2.75, 3.05) is 25.5 Å². The Morgan fingerprint density at radius 2 is 1.86 bits per heavy atom. The van der Waals surface area contributed by atoms with Crippen LogP contribution in [0.3, 0.4) is 0 Å².